The number of rotatable bonds is 4. The number of hydrogen-bond donors (Lipinski definition) is 2. The van der Waals surface area contributed by atoms with Crippen LogP contribution in [0, 0.1) is 0 Å². The number of sulfonamides is 1. The summed E-state index contributed by atoms with van der Waals surface area (Å²) in [5.74, 6) is 0.322. The third-order valence-corrected chi connectivity index (χ3v) is 6.07. The van der Waals surface area contributed by atoms with Crippen molar-refractivity contribution in [3.8, 4) is 11.5 Å². The molecule has 0 atom stereocenters. The second-order valence-electron chi connectivity index (χ2n) is 6.64. The van der Waals surface area contributed by atoms with E-state index in [2.05, 4.69) is 0 Å². The quantitative estimate of drug-likeness (QED) is 0.872. The standard InChI is InChI=1S/C19H23NO4S/c1-25(23,24)20(15-5-3-2-4-6-15)16-9-7-14(8-10-16)18-12-11-17(21)13-19(18)22/h2-6,11-14,16,21-22H,7-10H2,1H3. The van der Waals surface area contributed by atoms with E-state index in [0.29, 0.717) is 5.69 Å². The molecule has 134 valence electrons. The molecule has 0 radical (unpaired) electrons. The molecule has 0 saturated heterocycles. The van der Waals surface area contributed by atoms with E-state index in [0.717, 1.165) is 31.2 Å². The van der Waals surface area contributed by atoms with Crippen LogP contribution in [-0.2, 0) is 10.0 Å². The Kier molecular flexibility index (Phi) is 4.90. The molecule has 2 aromatic rings. The number of phenolic OH excluding ortho intramolecular Hbond substituents is 2. The summed E-state index contributed by atoms with van der Waals surface area (Å²) in [5, 5.41) is 19.5. The number of phenols is 2. The highest BCUT2D eigenvalue weighted by Crippen LogP contribution is 2.40. The maximum Gasteiger partial charge on any atom is 0.232 e. The summed E-state index contributed by atoms with van der Waals surface area (Å²) in [6.45, 7) is 0. The van der Waals surface area contributed by atoms with Crippen molar-refractivity contribution in [2.75, 3.05) is 10.6 Å². The van der Waals surface area contributed by atoms with Crippen molar-refractivity contribution in [3.05, 3.63) is 54.1 Å². The zero-order valence-corrected chi connectivity index (χ0v) is 15.0. The smallest absolute Gasteiger partial charge is 0.232 e. The summed E-state index contributed by atoms with van der Waals surface area (Å²) >= 11 is 0. The van der Waals surface area contributed by atoms with Gasteiger partial charge >= 0.3 is 0 Å². The average molecular weight is 361 g/mol. The topological polar surface area (TPSA) is 77.8 Å². The van der Waals surface area contributed by atoms with Crippen LogP contribution in [0.1, 0.15) is 37.2 Å². The minimum Gasteiger partial charge on any atom is -0.508 e. The molecular weight excluding hydrogens is 338 g/mol. The predicted molar refractivity (Wildman–Crippen MR) is 98.5 cm³/mol. The largest absolute Gasteiger partial charge is 0.508 e. The highest BCUT2D eigenvalue weighted by Gasteiger charge is 2.32. The van der Waals surface area contributed by atoms with E-state index < -0.39 is 10.0 Å². The number of para-hydroxylation sites is 1. The van der Waals surface area contributed by atoms with Crippen LogP contribution >= 0.6 is 0 Å². The maximum atomic E-state index is 12.3. The van der Waals surface area contributed by atoms with E-state index in [1.807, 2.05) is 30.3 Å². The van der Waals surface area contributed by atoms with Crippen LogP contribution in [0.15, 0.2) is 48.5 Å². The lowest BCUT2D eigenvalue weighted by atomic mass is 9.81. The summed E-state index contributed by atoms with van der Waals surface area (Å²) in [6.07, 6.45) is 4.29. The molecule has 0 heterocycles. The Morgan fingerprint density at radius 3 is 2.16 bits per heavy atom. The molecule has 6 heteroatoms. The first-order chi connectivity index (χ1) is 11.9. The van der Waals surface area contributed by atoms with E-state index in [4.69, 9.17) is 0 Å². The van der Waals surface area contributed by atoms with Gasteiger partial charge in [0.05, 0.1) is 11.9 Å². The molecule has 2 N–H and O–H groups in total. The van der Waals surface area contributed by atoms with Crippen LogP contribution in [0.3, 0.4) is 0 Å². The minimum absolute atomic E-state index is 0.0438. The van der Waals surface area contributed by atoms with Crippen molar-refractivity contribution in [1.29, 1.82) is 0 Å². The fourth-order valence-corrected chi connectivity index (χ4v) is 5.00. The molecule has 25 heavy (non-hydrogen) atoms. The Labute approximate surface area is 148 Å². The van der Waals surface area contributed by atoms with Crippen molar-refractivity contribution >= 4 is 15.7 Å². The molecule has 2 aromatic carbocycles. The average Bonchev–Trinajstić information content (AvgIpc) is 2.56. The van der Waals surface area contributed by atoms with Gasteiger partial charge < -0.3 is 10.2 Å². The van der Waals surface area contributed by atoms with Crippen molar-refractivity contribution in [3.63, 3.8) is 0 Å². The lowest BCUT2D eigenvalue weighted by Crippen LogP contribution is -2.41. The van der Waals surface area contributed by atoms with Crippen molar-refractivity contribution in [2.24, 2.45) is 0 Å². The van der Waals surface area contributed by atoms with E-state index in [1.165, 1.54) is 16.6 Å². The molecule has 0 amide bonds. The first kappa shape index (κ1) is 17.6. The summed E-state index contributed by atoms with van der Waals surface area (Å²) in [4.78, 5) is 0. The number of hydrogen-bond acceptors (Lipinski definition) is 4. The van der Waals surface area contributed by atoms with Crippen molar-refractivity contribution < 1.29 is 18.6 Å². The van der Waals surface area contributed by atoms with Crippen LogP contribution < -0.4 is 4.31 Å². The van der Waals surface area contributed by atoms with Crippen LogP contribution in [0.5, 0.6) is 11.5 Å². The van der Waals surface area contributed by atoms with Gasteiger partial charge in [-0.15, -0.1) is 0 Å². The SMILES string of the molecule is CS(=O)(=O)N(c1ccccc1)C1CCC(c2ccc(O)cc2O)CC1. The second kappa shape index (κ2) is 6.96. The Bertz CT molecular complexity index is 828. The van der Waals surface area contributed by atoms with Gasteiger partial charge in [-0.2, -0.15) is 0 Å². The molecule has 0 bridgehead atoms. The van der Waals surface area contributed by atoms with Gasteiger partial charge in [0.25, 0.3) is 0 Å². The zero-order chi connectivity index (χ0) is 18.0. The minimum atomic E-state index is -3.36. The normalized spacial score (nSPS) is 21.0. The molecular formula is C19H23NO4S. The monoisotopic (exact) mass is 361 g/mol. The van der Waals surface area contributed by atoms with E-state index in [-0.39, 0.29) is 23.5 Å². The predicted octanol–water partition coefficient (Wildman–Crippen LogP) is 3.59. The number of benzene rings is 2. The maximum absolute atomic E-state index is 12.3. The summed E-state index contributed by atoms with van der Waals surface area (Å²) in [6, 6.07) is 13.8. The summed E-state index contributed by atoms with van der Waals surface area (Å²) in [7, 11) is -3.36. The third-order valence-electron chi connectivity index (χ3n) is 4.85. The first-order valence-electron chi connectivity index (χ1n) is 8.42. The lowest BCUT2D eigenvalue weighted by Gasteiger charge is -2.37. The number of nitrogens with zero attached hydrogens (tertiary/aromatic N) is 1. The lowest BCUT2D eigenvalue weighted by molar-refractivity contribution is 0.379. The van der Waals surface area contributed by atoms with E-state index in [1.54, 1.807) is 12.1 Å². The molecule has 1 saturated carbocycles. The molecule has 0 aliphatic heterocycles. The summed E-state index contributed by atoms with van der Waals surface area (Å²) in [5.41, 5.74) is 1.52. The van der Waals surface area contributed by atoms with Gasteiger partial charge in [-0.05, 0) is 55.4 Å². The third kappa shape index (κ3) is 3.90. The molecule has 5 nitrogen and oxygen atoms in total. The fraction of sp³-hybridized carbons (Fsp3) is 0.368. The van der Waals surface area contributed by atoms with Gasteiger partial charge in [0, 0.05) is 12.1 Å². The molecule has 1 fully saturated rings. The second-order valence-corrected chi connectivity index (χ2v) is 8.50. The van der Waals surface area contributed by atoms with Gasteiger partial charge in [-0.1, -0.05) is 24.3 Å². The molecule has 0 aromatic heterocycles. The van der Waals surface area contributed by atoms with Crippen molar-refractivity contribution in [2.45, 2.75) is 37.6 Å². The Balaban J connectivity index is 1.78. The first-order valence-corrected chi connectivity index (χ1v) is 10.3. The Hall–Kier alpha value is -2.21. The Morgan fingerprint density at radius 1 is 0.960 bits per heavy atom. The van der Waals surface area contributed by atoms with Crippen LogP contribution in [0.2, 0.25) is 0 Å². The summed E-state index contributed by atoms with van der Waals surface area (Å²) < 4.78 is 26.2. The van der Waals surface area contributed by atoms with Gasteiger partial charge in [0.15, 0.2) is 0 Å². The van der Waals surface area contributed by atoms with Crippen LogP contribution in [-0.4, -0.2) is 30.9 Å². The highest BCUT2D eigenvalue weighted by atomic mass is 32.2. The molecule has 1 aliphatic rings. The number of anilines is 1. The van der Waals surface area contributed by atoms with Gasteiger partial charge in [-0.25, -0.2) is 8.42 Å². The van der Waals surface area contributed by atoms with Crippen molar-refractivity contribution in [1.82, 2.24) is 0 Å². The van der Waals surface area contributed by atoms with Gasteiger partial charge in [0.2, 0.25) is 10.0 Å². The number of aromatic hydroxyl groups is 2. The van der Waals surface area contributed by atoms with Gasteiger partial charge in [-0.3, -0.25) is 4.31 Å². The molecule has 3 rings (SSSR count). The van der Waals surface area contributed by atoms with Gasteiger partial charge in [0.1, 0.15) is 11.5 Å². The van der Waals surface area contributed by atoms with E-state index >= 15 is 0 Å². The van der Waals surface area contributed by atoms with Crippen LogP contribution in [0.4, 0.5) is 5.69 Å². The highest BCUT2D eigenvalue weighted by molar-refractivity contribution is 7.92. The van der Waals surface area contributed by atoms with E-state index in [9.17, 15) is 18.6 Å². The molecule has 0 unspecified atom stereocenters. The zero-order valence-electron chi connectivity index (χ0n) is 14.2. The fourth-order valence-electron chi connectivity index (χ4n) is 3.75. The van der Waals surface area contributed by atoms with Crippen LogP contribution in [0.25, 0.3) is 0 Å². The molecule has 0 spiro atoms. The molecule has 1 aliphatic carbocycles. The Morgan fingerprint density at radius 2 is 1.60 bits per heavy atom.